The molecule has 2 aromatic rings. The Morgan fingerprint density at radius 3 is 2.21 bits per heavy atom. The molecule has 0 amide bonds. The van der Waals surface area contributed by atoms with Crippen LogP contribution in [-0.4, -0.2) is 14.2 Å². The molecule has 0 saturated carbocycles. The number of nitrogens with one attached hydrogen (secondary N) is 1. The summed E-state index contributed by atoms with van der Waals surface area (Å²) in [6, 6.07) is 14.8. The van der Waals surface area contributed by atoms with Crippen molar-refractivity contribution in [3.05, 3.63) is 63.6 Å². The average Bonchev–Trinajstić information content (AvgIpc) is 2.44. The number of aryl methyl sites for hydroxylation is 1. The van der Waals surface area contributed by atoms with E-state index in [4.69, 9.17) is 4.74 Å². The number of methoxy groups -OCH3 is 1. The lowest BCUT2D eigenvalue weighted by atomic mass is 9.97. The highest BCUT2D eigenvalue weighted by Crippen LogP contribution is 2.26. The van der Waals surface area contributed by atoms with Crippen molar-refractivity contribution in [2.45, 2.75) is 13.0 Å². The van der Waals surface area contributed by atoms with Crippen molar-refractivity contribution in [3.63, 3.8) is 0 Å². The van der Waals surface area contributed by atoms with Gasteiger partial charge in [0.25, 0.3) is 0 Å². The van der Waals surface area contributed by atoms with E-state index in [0.29, 0.717) is 0 Å². The van der Waals surface area contributed by atoms with Crippen LogP contribution in [-0.2, 0) is 0 Å². The summed E-state index contributed by atoms with van der Waals surface area (Å²) < 4.78 is 6.34. The molecule has 0 fully saturated rings. The van der Waals surface area contributed by atoms with E-state index < -0.39 is 0 Å². The van der Waals surface area contributed by atoms with Crippen LogP contribution in [0.2, 0.25) is 0 Å². The molecule has 0 bridgehead atoms. The third-order valence-electron chi connectivity index (χ3n) is 3.25. The van der Waals surface area contributed by atoms with E-state index in [0.717, 1.165) is 10.2 Å². The van der Waals surface area contributed by atoms with Crippen LogP contribution in [0.4, 0.5) is 0 Å². The summed E-state index contributed by atoms with van der Waals surface area (Å²) in [6.45, 7) is 2.11. The highest BCUT2D eigenvalue weighted by Gasteiger charge is 2.12. The first-order valence-electron chi connectivity index (χ1n) is 6.23. The summed E-state index contributed by atoms with van der Waals surface area (Å²) in [4.78, 5) is 0. The van der Waals surface area contributed by atoms with Crippen molar-refractivity contribution in [2.75, 3.05) is 14.2 Å². The van der Waals surface area contributed by atoms with E-state index in [-0.39, 0.29) is 6.04 Å². The van der Waals surface area contributed by atoms with Crippen LogP contribution in [0.3, 0.4) is 0 Å². The van der Waals surface area contributed by atoms with Crippen LogP contribution in [0.15, 0.2) is 46.9 Å². The van der Waals surface area contributed by atoms with Crippen molar-refractivity contribution in [2.24, 2.45) is 0 Å². The summed E-state index contributed by atoms with van der Waals surface area (Å²) in [5.74, 6) is 0.880. The SMILES string of the molecule is CNC(c1ccc(OC)cc1)c1ccc(Br)c(C)c1. The molecule has 2 nitrogen and oxygen atoms in total. The zero-order valence-electron chi connectivity index (χ0n) is 11.4. The third-order valence-corrected chi connectivity index (χ3v) is 4.14. The summed E-state index contributed by atoms with van der Waals surface area (Å²) in [6.07, 6.45) is 0. The van der Waals surface area contributed by atoms with Gasteiger partial charge in [-0.2, -0.15) is 0 Å². The van der Waals surface area contributed by atoms with Crippen molar-refractivity contribution in [1.82, 2.24) is 5.32 Å². The van der Waals surface area contributed by atoms with E-state index in [9.17, 15) is 0 Å². The minimum Gasteiger partial charge on any atom is -0.497 e. The second-order valence-corrected chi connectivity index (χ2v) is 5.36. The molecular weight excluding hydrogens is 302 g/mol. The smallest absolute Gasteiger partial charge is 0.118 e. The molecule has 1 unspecified atom stereocenters. The van der Waals surface area contributed by atoms with Gasteiger partial charge in [-0.25, -0.2) is 0 Å². The maximum absolute atomic E-state index is 5.20. The fourth-order valence-electron chi connectivity index (χ4n) is 2.17. The molecular formula is C16H18BrNO. The summed E-state index contributed by atoms with van der Waals surface area (Å²) in [5, 5.41) is 3.36. The Morgan fingerprint density at radius 1 is 1.05 bits per heavy atom. The maximum atomic E-state index is 5.20. The molecule has 3 heteroatoms. The first-order chi connectivity index (χ1) is 9.15. The molecule has 1 atom stereocenters. The largest absolute Gasteiger partial charge is 0.497 e. The Hall–Kier alpha value is -1.32. The van der Waals surface area contributed by atoms with E-state index in [1.165, 1.54) is 16.7 Å². The molecule has 0 radical (unpaired) electrons. The quantitative estimate of drug-likeness (QED) is 0.917. The fourth-order valence-corrected chi connectivity index (χ4v) is 2.42. The Kier molecular flexibility index (Phi) is 4.61. The predicted octanol–water partition coefficient (Wildman–Crippen LogP) is 4.07. The zero-order chi connectivity index (χ0) is 13.8. The van der Waals surface area contributed by atoms with Crippen LogP contribution in [0.25, 0.3) is 0 Å². The molecule has 2 rings (SSSR count). The monoisotopic (exact) mass is 319 g/mol. The number of benzene rings is 2. The van der Waals surface area contributed by atoms with Gasteiger partial charge in [0.1, 0.15) is 5.75 Å². The summed E-state index contributed by atoms with van der Waals surface area (Å²) in [7, 11) is 3.66. The number of hydrogen-bond acceptors (Lipinski definition) is 2. The molecule has 0 aromatic heterocycles. The first-order valence-corrected chi connectivity index (χ1v) is 7.02. The minimum absolute atomic E-state index is 0.192. The van der Waals surface area contributed by atoms with Gasteiger partial charge in [-0.1, -0.05) is 40.2 Å². The van der Waals surface area contributed by atoms with E-state index in [1.807, 2.05) is 19.2 Å². The molecule has 0 spiro atoms. The topological polar surface area (TPSA) is 21.3 Å². The minimum atomic E-state index is 0.192. The molecule has 0 saturated heterocycles. The Morgan fingerprint density at radius 2 is 1.68 bits per heavy atom. The lowest BCUT2D eigenvalue weighted by Gasteiger charge is -2.18. The zero-order valence-corrected chi connectivity index (χ0v) is 13.0. The normalized spacial score (nSPS) is 12.2. The van der Waals surface area contributed by atoms with Crippen molar-refractivity contribution in [3.8, 4) is 5.75 Å². The molecule has 0 aliphatic carbocycles. The van der Waals surface area contributed by atoms with Gasteiger partial charge in [-0.3, -0.25) is 0 Å². The van der Waals surface area contributed by atoms with Crippen LogP contribution in [0.1, 0.15) is 22.7 Å². The Bertz CT molecular complexity index is 551. The van der Waals surface area contributed by atoms with Gasteiger partial charge in [0.05, 0.1) is 13.2 Å². The van der Waals surface area contributed by atoms with Crippen molar-refractivity contribution in [1.29, 1.82) is 0 Å². The highest BCUT2D eigenvalue weighted by molar-refractivity contribution is 9.10. The molecule has 0 aliphatic heterocycles. The number of rotatable bonds is 4. The lowest BCUT2D eigenvalue weighted by Crippen LogP contribution is -2.17. The van der Waals surface area contributed by atoms with Crippen LogP contribution in [0.5, 0.6) is 5.75 Å². The molecule has 1 N–H and O–H groups in total. The van der Waals surface area contributed by atoms with E-state index >= 15 is 0 Å². The van der Waals surface area contributed by atoms with Gasteiger partial charge >= 0.3 is 0 Å². The first kappa shape index (κ1) is 14.1. The van der Waals surface area contributed by atoms with E-state index in [1.54, 1.807) is 7.11 Å². The van der Waals surface area contributed by atoms with Gasteiger partial charge in [0.15, 0.2) is 0 Å². The van der Waals surface area contributed by atoms with Gasteiger partial charge in [0.2, 0.25) is 0 Å². The second-order valence-electron chi connectivity index (χ2n) is 4.50. The van der Waals surface area contributed by atoms with E-state index in [2.05, 4.69) is 58.5 Å². The average molecular weight is 320 g/mol. The fraction of sp³-hybridized carbons (Fsp3) is 0.250. The van der Waals surface area contributed by atoms with Gasteiger partial charge in [0, 0.05) is 4.47 Å². The highest BCUT2D eigenvalue weighted by atomic mass is 79.9. The van der Waals surface area contributed by atoms with Crippen LogP contribution in [0, 0.1) is 6.92 Å². The standard InChI is InChI=1S/C16H18BrNO/c1-11-10-13(6-9-15(11)17)16(18-2)12-4-7-14(19-3)8-5-12/h4-10,16,18H,1-3H3. The summed E-state index contributed by atoms with van der Waals surface area (Å²) >= 11 is 3.54. The summed E-state index contributed by atoms with van der Waals surface area (Å²) in [5.41, 5.74) is 3.73. The lowest BCUT2D eigenvalue weighted by molar-refractivity contribution is 0.414. The van der Waals surface area contributed by atoms with Gasteiger partial charge in [-0.05, 0) is 48.9 Å². The second kappa shape index (κ2) is 6.22. The van der Waals surface area contributed by atoms with Crippen molar-refractivity contribution < 1.29 is 4.74 Å². The Labute approximate surface area is 122 Å². The molecule has 2 aromatic carbocycles. The van der Waals surface area contributed by atoms with Gasteiger partial charge < -0.3 is 10.1 Å². The number of halogens is 1. The Balaban J connectivity index is 2.34. The molecule has 0 heterocycles. The molecule has 19 heavy (non-hydrogen) atoms. The maximum Gasteiger partial charge on any atom is 0.118 e. The number of ether oxygens (including phenoxy) is 1. The van der Waals surface area contributed by atoms with Crippen molar-refractivity contribution >= 4 is 15.9 Å². The molecule has 0 aliphatic rings. The third kappa shape index (κ3) is 3.17. The molecule has 100 valence electrons. The van der Waals surface area contributed by atoms with Crippen LogP contribution >= 0.6 is 15.9 Å². The number of hydrogen-bond donors (Lipinski definition) is 1. The predicted molar refractivity (Wildman–Crippen MR) is 82.8 cm³/mol. The van der Waals surface area contributed by atoms with Gasteiger partial charge in [-0.15, -0.1) is 0 Å². The van der Waals surface area contributed by atoms with Crippen LogP contribution < -0.4 is 10.1 Å².